The van der Waals surface area contributed by atoms with Crippen LogP contribution in [0.25, 0.3) is 11.6 Å². The highest BCUT2D eigenvalue weighted by Crippen LogP contribution is 2.35. The van der Waals surface area contributed by atoms with Gasteiger partial charge in [0.2, 0.25) is 0 Å². The summed E-state index contributed by atoms with van der Waals surface area (Å²) in [5, 5.41) is 28.5. The molecule has 0 aliphatic carbocycles. The fourth-order valence-corrected chi connectivity index (χ4v) is 4.58. The minimum atomic E-state index is -0.00101. The third-order valence-corrected chi connectivity index (χ3v) is 6.75. The zero-order chi connectivity index (χ0) is 27.0. The Hall–Kier alpha value is -4.48. The number of aliphatic hydroxyl groups is 3. The summed E-state index contributed by atoms with van der Waals surface area (Å²) in [6.45, 7) is 0.0199. The van der Waals surface area contributed by atoms with Crippen LogP contribution < -0.4 is 4.90 Å². The van der Waals surface area contributed by atoms with E-state index in [1.54, 1.807) is 0 Å². The number of hydrogen-bond donors (Lipinski definition) is 3. The van der Waals surface area contributed by atoms with Crippen LogP contribution in [0.1, 0.15) is 33.4 Å². The smallest absolute Gasteiger partial charge is 0.0681 e. The van der Waals surface area contributed by atoms with Gasteiger partial charge in [-0.2, -0.15) is 0 Å². The van der Waals surface area contributed by atoms with Crippen LogP contribution >= 0.6 is 0 Å². The minimum Gasteiger partial charge on any atom is -0.392 e. The monoisotopic (exact) mass is 513 g/mol. The maximum Gasteiger partial charge on any atom is 0.0681 e. The first-order chi connectivity index (χ1) is 19.2. The van der Waals surface area contributed by atoms with Gasteiger partial charge in [0.05, 0.1) is 19.8 Å². The molecule has 0 fully saturated rings. The van der Waals surface area contributed by atoms with E-state index in [9.17, 15) is 15.3 Å². The first-order valence-corrected chi connectivity index (χ1v) is 13.0. The summed E-state index contributed by atoms with van der Waals surface area (Å²) in [4.78, 5) is 2.15. The zero-order valence-electron chi connectivity index (χ0n) is 21.6. The van der Waals surface area contributed by atoms with Gasteiger partial charge in [-0.3, -0.25) is 0 Å². The molecule has 0 aromatic heterocycles. The van der Waals surface area contributed by atoms with Gasteiger partial charge < -0.3 is 20.2 Å². The van der Waals surface area contributed by atoms with E-state index in [2.05, 4.69) is 47.4 Å². The molecule has 5 aromatic carbocycles. The van der Waals surface area contributed by atoms with Gasteiger partial charge >= 0.3 is 0 Å². The van der Waals surface area contributed by atoms with Gasteiger partial charge in [0, 0.05) is 17.1 Å². The van der Waals surface area contributed by atoms with Gasteiger partial charge in [-0.05, 0) is 81.4 Å². The van der Waals surface area contributed by atoms with Crippen molar-refractivity contribution in [2.24, 2.45) is 0 Å². The van der Waals surface area contributed by atoms with Crippen LogP contribution in [0.2, 0.25) is 0 Å². The molecule has 5 aromatic rings. The summed E-state index contributed by atoms with van der Waals surface area (Å²) < 4.78 is 0. The molecule has 0 atom stereocenters. The molecule has 4 heteroatoms. The van der Waals surface area contributed by atoms with Crippen LogP contribution in [-0.2, 0) is 19.8 Å². The molecule has 39 heavy (non-hydrogen) atoms. The van der Waals surface area contributed by atoms with Crippen LogP contribution in [0.15, 0.2) is 127 Å². The lowest BCUT2D eigenvalue weighted by atomic mass is 9.95. The Kier molecular flexibility index (Phi) is 8.29. The molecule has 0 heterocycles. The Morgan fingerprint density at radius 1 is 0.462 bits per heavy atom. The first kappa shape index (κ1) is 26.1. The third kappa shape index (κ3) is 6.16. The fourth-order valence-electron chi connectivity index (χ4n) is 4.58. The molecule has 0 amide bonds. The van der Waals surface area contributed by atoms with E-state index in [4.69, 9.17) is 0 Å². The second-order valence-corrected chi connectivity index (χ2v) is 9.36. The molecule has 3 N–H and O–H groups in total. The molecule has 0 spiro atoms. The molecule has 0 radical (unpaired) electrons. The molecule has 0 bridgehead atoms. The van der Waals surface area contributed by atoms with Crippen molar-refractivity contribution in [1.82, 2.24) is 0 Å². The molecule has 0 aliphatic heterocycles. The summed E-state index contributed by atoms with van der Waals surface area (Å²) in [6, 6.07) is 42.4. The molecule has 0 aliphatic rings. The van der Waals surface area contributed by atoms with E-state index in [0.29, 0.717) is 0 Å². The summed E-state index contributed by atoms with van der Waals surface area (Å²) >= 11 is 0. The van der Waals surface area contributed by atoms with Crippen molar-refractivity contribution in [1.29, 1.82) is 0 Å². The molecule has 0 saturated carbocycles. The lowest BCUT2D eigenvalue weighted by Gasteiger charge is -2.26. The number of anilines is 3. The van der Waals surface area contributed by atoms with Crippen molar-refractivity contribution in [3.05, 3.63) is 161 Å². The van der Waals surface area contributed by atoms with E-state index >= 15 is 0 Å². The molecule has 4 nitrogen and oxygen atoms in total. The molecule has 5 rings (SSSR count). The SMILES string of the molecule is OCc1ccc(C(=Cc2ccc(N(c3ccc(CO)cc3)c3ccc(CO)cc3)cc2)c2ccccc2)cc1. The topological polar surface area (TPSA) is 63.9 Å². The minimum absolute atomic E-state index is 0.00101. The van der Waals surface area contributed by atoms with Crippen molar-refractivity contribution < 1.29 is 15.3 Å². The standard InChI is InChI=1S/C35H31NO3/c37-23-27-6-14-31(15-7-27)35(30-4-2-1-3-5-30)22-26-8-16-32(17-9-26)36(33-18-10-28(24-38)11-19-33)34-20-12-29(25-39)13-21-34/h1-22,37-39H,23-25H2. The van der Waals surface area contributed by atoms with Crippen LogP contribution in [-0.4, -0.2) is 15.3 Å². The summed E-state index contributed by atoms with van der Waals surface area (Å²) in [5.41, 5.74) is 9.90. The second-order valence-electron chi connectivity index (χ2n) is 9.36. The van der Waals surface area contributed by atoms with Crippen molar-refractivity contribution >= 4 is 28.7 Å². The number of rotatable bonds is 9. The van der Waals surface area contributed by atoms with Gasteiger partial charge in [-0.1, -0.05) is 91.0 Å². The Bertz CT molecular complexity index is 1460. The van der Waals surface area contributed by atoms with Crippen molar-refractivity contribution in [2.75, 3.05) is 4.90 Å². The molecule has 194 valence electrons. The van der Waals surface area contributed by atoms with E-state index in [1.165, 1.54) is 0 Å². The summed E-state index contributed by atoms with van der Waals surface area (Å²) in [5.74, 6) is 0. The molecular weight excluding hydrogens is 482 g/mol. The number of hydrogen-bond acceptors (Lipinski definition) is 4. The fraction of sp³-hybridized carbons (Fsp3) is 0.0857. The van der Waals surface area contributed by atoms with Crippen LogP contribution in [0.3, 0.4) is 0 Å². The normalized spacial score (nSPS) is 11.4. The maximum atomic E-state index is 9.50. The van der Waals surface area contributed by atoms with Crippen molar-refractivity contribution in [2.45, 2.75) is 19.8 Å². The van der Waals surface area contributed by atoms with Crippen molar-refractivity contribution in [3.8, 4) is 0 Å². The lowest BCUT2D eigenvalue weighted by molar-refractivity contribution is 0.281. The van der Waals surface area contributed by atoms with Gasteiger partial charge in [-0.15, -0.1) is 0 Å². The number of benzene rings is 5. The summed E-state index contributed by atoms with van der Waals surface area (Å²) in [7, 11) is 0. The zero-order valence-corrected chi connectivity index (χ0v) is 21.6. The number of nitrogens with zero attached hydrogens (tertiary/aromatic N) is 1. The quantitative estimate of drug-likeness (QED) is 0.182. The Labute approximate surface area is 229 Å². The summed E-state index contributed by atoms with van der Waals surface area (Å²) in [6.07, 6.45) is 2.18. The predicted molar refractivity (Wildman–Crippen MR) is 159 cm³/mol. The molecule has 0 unspecified atom stereocenters. The average Bonchev–Trinajstić information content (AvgIpc) is 3.02. The Balaban J connectivity index is 1.53. The van der Waals surface area contributed by atoms with Crippen LogP contribution in [0.5, 0.6) is 0 Å². The van der Waals surface area contributed by atoms with Gasteiger partial charge in [0.1, 0.15) is 0 Å². The lowest BCUT2D eigenvalue weighted by Crippen LogP contribution is -2.10. The maximum absolute atomic E-state index is 9.50. The molecular formula is C35H31NO3. The van der Waals surface area contributed by atoms with Gasteiger partial charge in [0.25, 0.3) is 0 Å². The van der Waals surface area contributed by atoms with Crippen LogP contribution in [0, 0.1) is 0 Å². The van der Waals surface area contributed by atoms with Crippen LogP contribution in [0.4, 0.5) is 17.1 Å². The highest BCUT2D eigenvalue weighted by molar-refractivity contribution is 5.91. The third-order valence-electron chi connectivity index (χ3n) is 6.75. The highest BCUT2D eigenvalue weighted by Gasteiger charge is 2.13. The van der Waals surface area contributed by atoms with Gasteiger partial charge in [-0.25, -0.2) is 0 Å². The number of aliphatic hydroxyl groups excluding tert-OH is 3. The Morgan fingerprint density at radius 3 is 1.28 bits per heavy atom. The first-order valence-electron chi connectivity index (χ1n) is 13.0. The van der Waals surface area contributed by atoms with E-state index in [0.717, 1.165) is 56.0 Å². The molecule has 0 saturated heterocycles. The van der Waals surface area contributed by atoms with E-state index < -0.39 is 0 Å². The predicted octanol–water partition coefficient (Wildman–Crippen LogP) is 7.22. The second kappa shape index (κ2) is 12.4. The Morgan fingerprint density at radius 2 is 0.846 bits per heavy atom. The van der Waals surface area contributed by atoms with E-state index in [1.807, 2.05) is 91.0 Å². The van der Waals surface area contributed by atoms with E-state index in [-0.39, 0.29) is 19.8 Å². The average molecular weight is 514 g/mol. The van der Waals surface area contributed by atoms with Crippen molar-refractivity contribution in [3.63, 3.8) is 0 Å². The largest absolute Gasteiger partial charge is 0.392 e. The van der Waals surface area contributed by atoms with Gasteiger partial charge in [0.15, 0.2) is 0 Å². The highest BCUT2D eigenvalue weighted by atomic mass is 16.3.